The van der Waals surface area contributed by atoms with Crippen LogP contribution in [-0.2, 0) is 32.0 Å². The minimum absolute atomic E-state index is 0.106. The Balaban J connectivity index is 2.11. The first kappa shape index (κ1) is 32.1. The third kappa shape index (κ3) is 11.0. The number of rotatable bonds is 11. The van der Waals surface area contributed by atoms with Gasteiger partial charge < -0.3 is 31.1 Å². The Kier molecular flexibility index (Phi) is 11.5. The van der Waals surface area contributed by atoms with Crippen LogP contribution in [0.5, 0.6) is 5.75 Å². The van der Waals surface area contributed by atoms with Crippen molar-refractivity contribution in [1.29, 1.82) is 0 Å². The van der Waals surface area contributed by atoms with Gasteiger partial charge in [-0.2, -0.15) is 0 Å². The van der Waals surface area contributed by atoms with Crippen molar-refractivity contribution in [3.8, 4) is 5.75 Å². The quantitative estimate of drug-likeness (QED) is 0.289. The second-order valence-corrected chi connectivity index (χ2v) is 11.0. The molecule has 40 heavy (non-hydrogen) atoms. The number of carbonyl (C=O) groups excluding carboxylic acids is 4. The molecule has 10 heteroatoms. The maximum absolute atomic E-state index is 13.3. The van der Waals surface area contributed by atoms with Crippen LogP contribution in [-0.4, -0.2) is 59.2 Å². The predicted molar refractivity (Wildman–Crippen MR) is 153 cm³/mol. The van der Waals surface area contributed by atoms with Crippen molar-refractivity contribution < 1.29 is 29.0 Å². The van der Waals surface area contributed by atoms with Gasteiger partial charge in [-0.3, -0.25) is 14.4 Å². The number of nitrogens with one attached hydrogen (secondary N) is 4. The number of carbonyl (C=O) groups is 4. The van der Waals surface area contributed by atoms with Gasteiger partial charge in [0.2, 0.25) is 17.7 Å². The van der Waals surface area contributed by atoms with E-state index in [-0.39, 0.29) is 30.7 Å². The highest BCUT2D eigenvalue weighted by Gasteiger charge is 2.28. The molecular formula is C30H42N4O6. The Morgan fingerprint density at radius 1 is 0.900 bits per heavy atom. The number of alkyl carbamates (subject to hydrolysis) is 1. The molecule has 2 rings (SSSR count). The summed E-state index contributed by atoms with van der Waals surface area (Å²) in [6, 6.07) is 10.4. The van der Waals surface area contributed by atoms with Gasteiger partial charge in [0.05, 0.1) is 6.04 Å². The topological polar surface area (TPSA) is 146 Å². The van der Waals surface area contributed by atoms with Gasteiger partial charge in [0.15, 0.2) is 0 Å². The number of amides is 4. The molecule has 218 valence electrons. The average Bonchev–Trinajstić information content (AvgIpc) is 2.82. The molecule has 0 spiro atoms. The summed E-state index contributed by atoms with van der Waals surface area (Å²) in [6.07, 6.45) is -0.119. The van der Waals surface area contributed by atoms with E-state index in [9.17, 15) is 24.3 Å². The van der Waals surface area contributed by atoms with Crippen LogP contribution in [0.2, 0.25) is 0 Å². The Bertz CT molecular complexity index is 1170. The zero-order valence-corrected chi connectivity index (χ0v) is 24.4. The summed E-state index contributed by atoms with van der Waals surface area (Å²) in [5.74, 6) is -1.12. The van der Waals surface area contributed by atoms with Crippen LogP contribution in [0.1, 0.15) is 56.9 Å². The minimum Gasteiger partial charge on any atom is -0.508 e. The Morgan fingerprint density at radius 3 is 2.05 bits per heavy atom. The molecule has 3 unspecified atom stereocenters. The molecule has 10 nitrogen and oxygen atoms in total. The van der Waals surface area contributed by atoms with Gasteiger partial charge in [-0.15, -0.1) is 0 Å². The normalized spacial score (nSPS) is 13.4. The lowest BCUT2D eigenvalue weighted by Gasteiger charge is -2.25. The lowest BCUT2D eigenvalue weighted by atomic mass is 9.95. The van der Waals surface area contributed by atoms with Crippen LogP contribution in [0.15, 0.2) is 42.5 Å². The smallest absolute Gasteiger partial charge is 0.408 e. The third-order valence-corrected chi connectivity index (χ3v) is 6.10. The molecule has 0 radical (unpaired) electrons. The van der Waals surface area contributed by atoms with Crippen LogP contribution in [0, 0.1) is 13.8 Å². The number of ether oxygens (including phenoxy) is 1. The molecule has 0 aliphatic rings. The van der Waals surface area contributed by atoms with E-state index in [1.54, 1.807) is 39.8 Å². The molecule has 0 aromatic heterocycles. The van der Waals surface area contributed by atoms with E-state index in [1.165, 1.54) is 6.92 Å². The Morgan fingerprint density at radius 2 is 1.50 bits per heavy atom. The highest BCUT2D eigenvalue weighted by atomic mass is 16.6. The van der Waals surface area contributed by atoms with Crippen LogP contribution in [0.4, 0.5) is 4.79 Å². The van der Waals surface area contributed by atoms with Crippen molar-refractivity contribution >= 4 is 23.8 Å². The first-order chi connectivity index (χ1) is 18.6. The summed E-state index contributed by atoms with van der Waals surface area (Å²) in [5, 5.41) is 20.8. The molecule has 0 bridgehead atoms. The maximum Gasteiger partial charge on any atom is 0.408 e. The summed E-state index contributed by atoms with van der Waals surface area (Å²) in [7, 11) is 0. The van der Waals surface area contributed by atoms with Gasteiger partial charge in [-0.1, -0.05) is 30.3 Å². The fourth-order valence-corrected chi connectivity index (χ4v) is 4.27. The van der Waals surface area contributed by atoms with E-state index in [0.717, 1.165) is 22.3 Å². The number of hydrogen-bond donors (Lipinski definition) is 5. The largest absolute Gasteiger partial charge is 0.508 e. The van der Waals surface area contributed by atoms with Crippen molar-refractivity contribution in [2.75, 3.05) is 6.54 Å². The SMILES string of the molecule is CC(=O)NC(CNC(=O)C(C)NC(=O)C(Cc1c(C)cc(O)cc1C)NC(=O)OC(C)(C)C)Cc1ccccc1. The molecule has 2 aromatic rings. The fraction of sp³-hybridized carbons (Fsp3) is 0.467. The van der Waals surface area contributed by atoms with Crippen LogP contribution < -0.4 is 21.3 Å². The number of aromatic hydroxyl groups is 1. The molecule has 0 saturated carbocycles. The minimum atomic E-state index is -1.04. The van der Waals surface area contributed by atoms with Gasteiger partial charge in [0.25, 0.3) is 0 Å². The average molecular weight is 555 g/mol. The van der Waals surface area contributed by atoms with Crippen LogP contribution in [0.25, 0.3) is 0 Å². The van der Waals surface area contributed by atoms with Crippen molar-refractivity contribution in [3.63, 3.8) is 0 Å². The summed E-state index contributed by atoms with van der Waals surface area (Å²) in [5.41, 5.74) is 2.54. The summed E-state index contributed by atoms with van der Waals surface area (Å²) >= 11 is 0. The molecule has 5 N–H and O–H groups in total. The second kappa shape index (κ2) is 14.3. The Hall–Kier alpha value is -4.08. The maximum atomic E-state index is 13.3. The van der Waals surface area contributed by atoms with E-state index in [1.807, 2.05) is 44.2 Å². The van der Waals surface area contributed by atoms with Crippen molar-refractivity contribution in [1.82, 2.24) is 21.3 Å². The van der Waals surface area contributed by atoms with Gasteiger partial charge in [0, 0.05) is 19.9 Å². The molecule has 0 saturated heterocycles. The third-order valence-electron chi connectivity index (χ3n) is 6.10. The number of hydrogen-bond acceptors (Lipinski definition) is 6. The lowest BCUT2D eigenvalue weighted by molar-refractivity contribution is -0.129. The molecular weight excluding hydrogens is 512 g/mol. The fourth-order valence-electron chi connectivity index (χ4n) is 4.27. The van der Waals surface area contributed by atoms with E-state index < -0.39 is 35.6 Å². The molecule has 4 amide bonds. The monoisotopic (exact) mass is 554 g/mol. The number of phenols is 1. The van der Waals surface area contributed by atoms with Crippen LogP contribution >= 0.6 is 0 Å². The molecule has 2 aromatic carbocycles. The zero-order chi connectivity index (χ0) is 30.0. The predicted octanol–water partition coefficient (Wildman–Crippen LogP) is 2.81. The molecule has 0 heterocycles. The number of benzene rings is 2. The zero-order valence-electron chi connectivity index (χ0n) is 24.4. The van der Waals surface area contributed by atoms with E-state index in [0.29, 0.717) is 6.42 Å². The molecule has 0 aliphatic carbocycles. The van der Waals surface area contributed by atoms with E-state index in [4.69, 9.17) is 4.74 Å². The first-order valence-corrected chi connectivity index (χ1v) is 13.3. The Labute approximate surface area is 236 Å². The van der Waals surface area contributed by atoms with Gasteiger partial charge in [0.1, 0.15) is 23.4 Å². The van der Waals surface area contributed by atoms with Gasteiger partial charge in [-0.05, 0) is 82.3 Å². The van der Waals surface area contributed by atoms with Gasteiger partial charge in [-0.25, -0.2) is 4.79 Å². The first-order valence-electron chi connectivity index (χ1n) is 13.3. The van der Waals surface area contributed by atoms with Crippen molar-refractivity contribution in [3.05, 3.63) is 64.7 Å². The highest BCUT2D eigenvalue weighted by molar-refractivity contribution is 5.91. The highest BCUT2D eigenvalue weighted by Crippen LogP contribution is 2.22. The molecule has 0 fully saturated rings. The van der Waals surface area contributed by atoms with Crippen LogP contribution in [0.3, 0.4) is 0 Å². The lowest BCUT2D eigenvalue weighted by Crippen LogP contribution is -2.55. The number of phenolic OH excluding ortho intramolecular Hbond substituents is 1. The van der Waals surface area contributed by atoms with Gasteiger partial charge >= 0.3 is 6.09 Å². The number of aryl methyl sites for hydroxylation is 2. The summed E-state index contributed by atoms with van der Waals surface area (Å²) in [4.78, 5) is 50.4. The summed E-state index contributed by atoms with van der Waals surface area (Å²) in [6.45, 7) is 11.9. The van der Waals surface area contributed by atoms with Crippen molar-refractivity contribution in [2.24, 2.45) is 0 Å². The van der Waals surface area contributed by atoms with E-state index >= 15 is 0 Å². The van der Waals surface area contributed by atoms with E-state index in [2.05, 4.69) is 21.3 Å². The summed E-state index contributed by atoms with van der Waals surface area (Å²) < 4.78 is 5.35. The molecule has 0 aliphatic heterocycles. The standard InChI is InChI=1S/C30H42N4O6/c1-18-13-24(36)14-19(2)25(18)16-26(34-29(39)40-30(5,6)7)28(38)32-20(3)27(37)31-17-23(33-21(4)35)15-22-11-9-8-10-12-22/h8-14,20,23,26,36H,15-17H2,1-7H3,(H,31,37)(H,32,38)(H,33,35)(H,34,39). The second-order valence-electron chi connectivity index (χ2n) is 11.0. The molecule has 3 atom stereocenters. The van der Waals surface area contributed by atoms with Crippen molar-refractivity contribution in [2.45, 2.75) is 85.0 Å².